The highest BCUT2D eigenvalue weighted by Gasteiger charge is 2.30. The summed E-state index contributed by atoms with van der Waals surface area (Å²) in [6.07, 6.45) is 2.92. The SMILES string of the molecule is N#Cc1cccc(S(=O)(=O)N2CCC(Nc3cc(-c4ccccc4Cl)nc4c(Br)cnn34)CC2)c1. The lowest BCUT2D eigenvalue weighted by Gasteiger charge is -2.32. The van der Waals surface area contributed by atoms with Gasteiger partial charge in [-0.25, -0.2) is 13.4 Å². The predicted octanol–water partition coefficient (Wildman–Crippen LogP) is 4.95. The summed E-state index contributed by atoms with van der Waals surface area (Å²) in [5.41, 5.74) is 2.50. The summed E-state index contributed by atoms with van der Waals surface area (Å²) in [5, 5.41) is 17.7. The van der Waals surface area contributed by atoms with Crippen LogP contribution in [0.1, 0.15) is 18.4 Å². The number of aromatic nitrogens is 3. The molecule has 0 unspecified atom stereocenters. The first kappa shape index (κ1) is 23.8. The van der Waals surface area contributed by atoms with E-state index in [-0.39, 0.29) is 10.9 Å². The monoisotopic (exact) mass is 570 g/mol. The summed E-state index contributed by atoms with van der Waals surface area (Å²) in [7, 11) is -3.66. The molecule has 1 saturated heterocycles. The van der Waals surface area contributed by atoms with Crippen molar-refractivity contribution in [2.75, 3.05) is 18.4 Å². The number of hydrogen-bond acceptors (Lipinski definition) is 6. The number of piperidine rings is 1. The summed E-state index contributed by atoms with van der Waals surface area (Å²) in [5.74, 6) is 0.749. The maximum Gasteiger partial charge on any atom is 0.243 e. The lowest BCUT2D eigenvalue weighted by molar-refractivity contribution is 0.329. The van der Waals surface area contributed by atoms with Crippen LogP contribution in [0.2, 0.25) is 5.02 Å². The highest BCUT2D eigenvalue weighted by molar-refractivity contribution is 9.10. The molecule has 0 amide bonds. The molecular weight excluding hydrogens is 552 g/mol. The number of halogens is 2. The van der Waals surface area contributed by atoms with Crippen molar-refractivity contribution in [3.05, 3.63) is 75.9 Å². The largest absolute Gasteiger partial charge is 0.367 e. The smallest absolute Gasteiger partial charge is 0.243 e. The number of anilines is 1. The summed E-state index contributed by atoms with van der Waals surface area (Å²) in [4.78, 5) is 4.87. The molecule has 11 heteroatoms. The van der Waals surface area contributed by atoms with Gasteiger partial charge in [0, 0.05) is 35.8 Å². The van der Waals surface area contributed by atoms with E-state index in [9.17, 15) is 8.42 Å². The molecule has 178 valence electrons. The van der Waals surface area contributed by atoms with Crippen molar-refractivity contribution in [1.29, 1.82) is 5.26 Å². The number of nitrogens with one attached hydrogen (secondary N) is 1. The van der Waals surface area contributed by atoms with Gasteiger partial charge >= 0.3 is 0 Å². The molecule has 0 aliphatic carbocycles. The molecule has 1 N–H and O–H groups in total. The molecule has 3 heterocycles. The second-order valence-electron chi connectivity index (χ2n) is 8.20. The Hall–Kier alpha value is -2.97. The van der Waals surface area contributed by atoms with E-state index in [0.29, 0.717) is 47.9 Å². The number of nitrogens with zero attached hydrogens (tertiary/aromatic N) is 5. The van der Waals surface area contributed by atoms with E-state index in [2.05, 4.69) is 26.3 Å². The van der Waals surface area contributed by atoms with Gasteiger partial charge in [-0.3, -0.25) is 0 Å². The van der Waals surface area contributed by atoms with Crippen LogP contribution in [0.5, 0.6) is 0 Å². The molecule has 2 aromatic heterocycles. The van der Waals surface area contributed by atoms with Crippen molar-refractivity contribution in [3.63, 3.8) is 0 Å². The molecule has 4 aromatic rings. The molecule has 5 rings (SSSR count). The zero-order valence-corrected chi connectivity index (χ0v) is 21.6. The van der Waals surface area contributed by atoms with E-state index in [0.717, 1.165) is 15.9 Å². The van der Waals surface area contributed by atoms with Crippen LogP contribution in [-0.2, 0) is 10.0 Å². The van der Waals surface area contributed by atoms with Crippen molar-refractivity contribution >= 4 is 49.0 Å². The third kappa shape index (κ3) is 4.65. The van der Waals surface area contributed by atoms with Gasteiger partial charge < -0.3 is 5.32 Å². The van der Waals surface area contributed by atoms with Crippen molar-refractivity contribution in [1.82, 2.24) is 18.9 Å². The van der Waals surface area contributed by atoms with Crippen LogP contribution >= 0.6 is 27.5 Å². The van der Waals surface area contributed by atoms with Crippen molar-refractivity contribution in [2.24, 2.45) is 0 Å². The summed E-state index contributed by atoms with van der Waals surface area (Å²) < 4.78 is 30.1. The van der Waals surface area contributed by atoms with E-state index in [4.69, 9.17) is 21.8 Å². The van der Waals surface area contributed by atoms with Crippen LogP contribution in [0, 0.1) is 11.3 Å². The number of benzene rings is 2. The molecule has 8 nitrogen and oxygen atoms in total. The Labute approximate surface area is 216 Å². The van der Waals surface area contributed by atoms with E-state index < -0.39 is 10.0 Å². The normalized spacial score (nSPS) is 15.2. The Morgan fingerprint density at radius 3 is 2.63 bits per heavy atom. The highest BCUT2D eigenvalue weighted by Crippen LogP contribution is 2.31. The first-order chi connectivity index (χ1) is 16.9. The Morgan fingerprint density at radius 1 is 1.11 bits per heavy atom. The van der Waals surface area contributed by atoms with Gasteiger partial charge in [-0.05, 0) is 53.0 Å². The standard InChI is InChI=1S/C24H20BrClN6O2S/c25-20-15-28-32-23(13-22(30-24(20)32)19-6-1-2-7-21(19)26)29-17-8-10-31(11-9-17)35(33,34)18-5-3-4-16(12-18)14-27/h1-7,12-13,15,17,29H,8-11H2. The minimum absolute atomic E-state index is 0.0413. The fraction of sp³-hybridized carbons (Fsp3) is 0.208. The molecule has 0 saturated carbocycles. The summed E-state index contributed by atoms with van der Waals surface area (Å²) >= 11 is 9.93. The zero-order valence-electron chi connectivity index (χ0n) is 18.4. The lowest BCUT2D eigenvalue weighted by atomic mass is 10.1. The second kappa shape index (κ2) is 9.59. The van der Waals surface area contributed by atoms with Crippen LogP contribution < -0.4 is 5.32 Å². The number of fused-ring (bicyclic) bond motifs is 1. The molecule has 1 fully saturated rings. The molecule has 1 aliphatic rings. The van der Waals surface area contributed by atoms with Crippen molar-refractivity contribution in [3.8, 4) is 17.3 Å². The molecule has 0 radical (unpaired) electrons. The fourth-order valence-electron chi connectivity index (χ4n) is 4.17. The molecule has 0 bridgehead atoms. The topological polar surface area (TPSA) is 103 Å². The third-order valence-electron chi connectivity index (χ3n) is 5.99. The average molecular weight is 572 g/mol. The third-order valence-corrected chi connectivity index (χ3v) is 8.77. The number of hydrogen-bond donors (Lipinski definition) is 1. The average Bonchev–Trinajstić information content (AvgIpc) is 3.25. The minimum atomic E-state index is -3.66. The van der Waals surface area contributed by atoms with Crippen molar-refractivity contribution < 1.29 is 8.42 Å². The van der Waals surface area contributed by atoms with Gasteiger partial charge in [0.2, 0.25) is 10.0 Å². The Bertz CT molecular complexity index is 1560. The quantitative estimate of drug-likeness (QED) is 0.364. The lowest BCUT2D eigenvalue weighted by Crippen LogP contribution is -2.42. The Kier molecular flexibility index (Phi) is 6.51. The number of sulfonamides is 1. The maximum absolute atomic E-state index is 13.1. The molecule has 2 aromatic carbocycles. The summed E-state index contributed by atoms with van der Waals surface area (Å²) in [6.45, 7) is 0.732. The van der Waals surface area contributed by atoms with E-state index in [1.165, 1.54) is 16.4 Å². The number of nitriles is 1. The van der Waals surface area contributed by atoms with Gasteiger partial charge in [-0.2, -0.15) is 19.2 Å². The van der Waals surface area contributed by atoms with Gasteiger partial charge in [-0.1, -0.05) is 35.9 Å². The molecule has 0 atom stereocenters. The predicted molar refractivity (Wildman–Crippen MR) is 138 cm³/mol. The van der Waals surface area contributed by atoms with Gasteiger partial charge in [-0.15, -0.1) is 0 Å². The van der Waals surface area contributed by atoms with Gasteiger partial charge in [0.1, 0.15) is 5.82 Å². The van der Waals surface area contributed by atoms with E-state index in [1.54, 1.807) is 22.8 Å². The van der Waals surface area contributed by atoms with Gasteiger partial charge in [0.25, 0.3) is 0 Å². The highest BCUT2D eigenvalue weighted by atomic mass is 79.9. The molecule has 35 heavy (non-hydrogen) atoms. The second-order valence-corrected chi connectivity index (χ2v) is 11.4. The first-order valence-corrected chi connectivity index (χ1v) is 13.5. The van der Waals surface area contributed by atoms with Crippen LogP contribution in [-0.4, -0.2) is 46.5 Å². The molecule has 1 aliphatic heterocycles. The Balaban J connectivity index is 1.37. The van der Waals surface area contributed by atoms with Crippen LogP contribution in [0.15, 0.2) is 70.2 Å². The van der Waals surface area contributed by atoms with Gasteiger partial charge in [0.15, 0.2) is 5.65 Å². The fourth-order valence-corrected chi connectivity index (χ4v) is 6.27. The molecular formula is C24H20BrClN6O2S. The summed E-state index contributed by atoms with van der Waals surface area (Å²) in [6, 6.07) is 17.6. The molecule has 0 spiro atoms. The van der Waals surface area contributed by atoms with Crippen LogP contribution in [0.4, 0.5) is 5.82 Å². The van der Waals surface area contributed by atoms with Crippen LogP contribution in [0.3, 0.4) is 0 Å². The minimum Gasteiger partial charge on any atom is -0.367 e. The van der Waals surface area contributed by atoms with Crippen LogP contribution in [0.25, 0.3) is 16.9 Å². The van der Waals surface area contributed by atoms with Crippen molar-refractivity contribution in [2.45, 2.75) is 23.8 Å². The number of rotatable bonds is 5. The van der Waals surface area contributed by atoms with Gasteiger partial charge in [0.05, 0.1) is 32.9 Å². The van der Waals surface area contributed by atoms with E-state index >= 15 is 0 Å². The maximum atomic E-state index is 13.1. The van der Waals surface area contributed by atoms with E-state index in [1.807, 2.05) is 36.4 Å². The zero-order chi connectivity index (χ0) is 24.6. The first-order valence-electron chi connectivity index (χ1n) is 10.9. The Morgan fingerprint density at radius 2 is 1.89 bits per heavy atom.